The molecule has 100 valence electrons. The number of benzene rings is 2. The molecular weight excluding hydrogens is 314 g/mol. The van der Waals surface area contributed by atoms with Crippen LogP contribution in [0.4, 0.5) is 0 Å². The molecule has 3 rings (SSSR count). The summed E-state index contributed by atoms with van der Waals surface area (Å²) in [5.41, 5.74) is 3.25. The van der Waals surface area contributed by atoms with Gasteiger partial charge in [-0.25, -0.2) is 0 Å². The first-order valence-corrected chi connectivity index (χ1v) is 7.57. The van der Waals surface area contributed by atoms with Gasteiger partial charge >= 0.3 is 0 Å². The number of ether oxygens (including phenoxy) is 1. The molecule has 0 aliphatic rings. The quantitative estimate of drug-likeness (QED) is 0.614. The van der Waals surface area contributed by atoms with Crippen LogP contribution < -0.4 is 4.74 Å². The molecule has 0 saturated heterocycles. The van der Waals surface area contributed by atoms with E-state index in [9.17, 15) is 0 Å². The zero-order valence-corrected chi connectivity index (χ0v) is 12.7. The lowest BCUT2D eigenvalue weighted by molar-refractivity contribution is 0.483. The summed E-state index contributed by atoms with van der Waals surface area (Å²) in [5.74, 6) is 1.65. The Morgan fingerprint density at radius 1 is 1.05 bits per heavy atom. The molecule has 0 fully saturated rings. The molecule has 0 radical (unpaired) electrons. The number of alkyl halides is 1. The first-order valence-electron chi connectivity index (χ1n) is 6.45. The fraction of sp³-hybridized carbons (Fsp3) is 0.118. The van der Waals surface area contributed by atoms with Crippen molar-refractivity contribution < 1.29 is 4.74 Å². The third-order valence-electron chi connectivity index (χ3n) is 3.18. The van der Waals surface area contributed by atoms with Crippen molar-refractivity contribution in [3.05, 3.63) is 65.9 Å². The van der Waals surface area contributed by atoms with Crippen LogP contribution in [0.5, 0.6) is 11.5 Å². The summed E-state index contributed by atoms with van der Waals surface area (Å²) in [6, 6.07) is 16.1. The summed E-state index contributed by atoms with van der Waals surface area (Å²) in [6.45, 7) is 2.08. The molecule has 0 bridgehead atoms. The number of para-hydroxylation sites is 1. The average molecular weight is 328 g/mol. The number of pyridine rings is 1. The van der Waals surface area contributed by atoms with E-state index in [1.165, 1.54) is 5.56 Å². The summed E-state index contributed by atoms with van der Waals surface area (Å²) in [4.78, 5) is 4.41. The maximum absolute atomic E-state index is 6.08. The Balaban J connectivity index is 2.05. The molecule has 0 saturated carbocycles. The average Bonchev–Trinajstić information content (AvgIpc) is 2.49. The number of hydrogen-bond donors (Lipinski definition) is 0. The molecular formula is C17H14BrNO. The fourth-order valence-corrected chi connectivity index (χ4v) is 2.63. The van der Waals surface area contributed by atoms with Gasteiger partial charge in [0.15, 0.2) is 5.75 Å². The monoisotopic (exact) mass is 327 g/mol. The van der Waals surface area contributed by atoms with Crippen molar-refractivity contribution in [2.45, 2.75) is 12.3 Å². The van der Waals surface area contributed by atoms with Gasteiger partial charge in [-0.1, -0.05) is 51.8 Å². The van der Waals surface area contributed by atoms with Crippen LogP contribution in [0.1, 0.15) is 11.1 Å². The maximum Gasteiger partial charge on any atom is 0.153 e. The lowest BCUT2D eigenvalue weighted by Gasteiger charge is -2.12. The Kier molecular flexibility index (Phi) is 3.70. The minimum Gasteiger partial charge on any atom is -0.455 e. The summed E-state index contributed by atoms with van der Waals surface area (Å²) < 4.78 is 6.08. The Morgan fingerprint density at radius 2 is 1.90 bits per heavy atom. The van der Waals surface area contributed by atoms with Gasteiger partial charge in [-0.05, 0) is 25.1 Å². The van der Waals surface area contributed by atoms with E-state index in [4.69, 9.17) is 4.74 Å². The number of hydrogen-bond acceptors (Lipinski definition) is 2. The molecule has 20 heavy (non-hydrogen) atoms. The van der Waals surface area contributed by atoms with E-state index in [0.29, 0.717) is 0 Å². The second-order valence-electron chi connectivity index (χ2n) is 4.68. The molecule has 0 aliphatic heterocycles. The number of nitrogens with zero attached hydrogens (tertiary/aromatic N) is 1. The fourth-order valence-electron chi connectivity index (χ4n) is 2.19. The number of rotatable bonds is 3. The van der Waals surface area contributed by atoms with Crippen LogP contribution in [0.25, 0.3) is 10.9 Å². The highest BCUT2D eigenvalue weighted by molar-refractivity contribution is 9.08. The summed E-state index contributed by atoms with van der Waals surface area (Å²) >= 11 is 3.51. The Morgan fingerprint density at radius 3 is 2.75 bits per heavy atom. The second-order valence-corrected chi connectivity index (χ2v) is 5.24. The van der Waals surface area contributed by atoms with E-state index < -0.39 is 0 Å². The van der Waals surface area contributed by atoms with Crippen molar-refractivity contribution in [1.29, 1.82) is 0 Å². The first kappa shape index (κ1) is 13.1. The molecule has 0 atom stereocenters. The van der Waals surface area contributed by atoms with E-state index in [1.807, 2.05) is 36.4 Å². The van der Waals surface area contributed by atoms with Gasteiger partial charge in [0.2, 0.25) is 0 Å². The van der Waals surface area contributed by atoms with Crippen molar-refractivity contribution >= 4 is 26.8 Å². The van der Waals surface area contributed by atoms with Gasteiger partial charge in [0.25, 0.3) is 0 Å². The highest BCUT2D eigenvalue weighted by atomic mass is 79.9. The standard InChI is InChI=1S/C17H14BrNO/c1-12-7-8-15(14(10-12)11-18)20-16-6-2-4-13-5-3-9-19-17(13)16/h2-10H,11H2,1H3. The first-order chi connectivity index (χ1) is 9.78. The molecule has 2 aromatic carbocycles. The third-order valence-corrected chi connectivity index (χ3v) is 3.78. The van der Waals surface area contributed by atoms with Gasteiger partial charge in [-0.3, -0.25) is 4.98 Å². The molecule has 0 N–H and O–H groups in total. The largest absolute Gasteiger partial charge is 0.455 e. The number of fused-ring (bicyclic) bond motifs is 1. The molecule has 1 heterocycles. The zero-order chi connectivity index (χ0) is 13.9. The van der Waals surface area contributed by atoms with Crippen LogP contribution in [0, 0.1) is 6.92 Å². The van der Waals surface area contributed by atoms with Gasteiger partial charge in [0.1, 0.15) is 11.3 Å². The molecule has 0 unspecified atom stereocenters. The topological polar surface area (TPSA) is 22.1 Å². The number of aryl methyl sites for hydroxylation is 1. The summed E-state index contributed by atoms with van der Waals surface area (Å²) in [6.07, 6.45) is 1.79. The summed E-state index contributed by atoms with van der Waals surface area (Å²) in [5, 5.41) is 1.85. The van der Waals surface area contributed by atoms with E-state index in [2.05, 4.69) is 40.0 Å². The smallest absolute Gasteiger partial charge is 0.153 e. The molecule has 0 aliphatic carbocycles. The zero-order valence-electron chi connectivity index (χ0n) is 11.1. The predicted molar refractivity (Wildman–Crippen MR) is 85.6 cm³/mol. The minimum atomic E-state index is 0.766. The van der Waals surface area contributed by atoms with Crippen molar-refractivity contribution in [3.8, 4) is 11.5 Å². The molecule has 1 aromatic heterocycles. The van der Waals surface area contributed by atoms with Gasteiger partial charge in [0, 0.05) is 22.5 Å². The summed E-state index contributed by atoms with van der Waals surface area (Å²) in [7, 11) is 0. The molecule has 3 heteroatoms. The van der Waals surface area contributed by atoms with E-state index in [-0.39, 0.29) is 0 Å². The van der Waals surface area contributed by atoms with Crippen molar-refractivity contribution in [2.75, 3.05) is 0 Å². The van der Waals surface area contributed by atoms with E-state index in [0.717, 1.165) is 33.3 Å². The predicted octanol–water partition coefficient (Wildman–Crippen LogP) is 5.23. The number of halogens is 1. The molecule has 0 amide bonds. The molecule has 2 nitrogen and oxygen atoms in total. The third kappa shape index (κ3) is 2.54. The van der Waals surface area contributed by atoms with Crippen LogP contribution in [-0.4, -0.2) is 4.98 Å². The second kappa shape index (κ2) is 5.63. The maximum atomic E-state index is 6.08. The Bertz CT molecular complexity index is 750. The highest BCUT2D eigenvalue weighted by Gasteiger charge is 2.08. The SMILES string of the molecule is Cc1ccc(Oc2cccc3cccnc23)c(CBr)c1. The molecule has 0 spiro atoms. The lowest BCUT2D eigenvalue weighted by Crippen LogP contribution is -1.92. The van der Waals surface area contributed by atoms with E-state index >= 15 is 0 Å². The lowest BCUT2D eigenvalue weighted by atomic mass is 10.1. The minimum absolute atomic E-state index is 0.766. The Labute approximate surface area is 126 Å². The van der Waals surface area contributed by atoms with Gasteiger partial charge < -0.3 is 4.74 Å². The van der Waals surface area contributed by atoms with Crippen molar-refractivity contribution in [1.82, 2.24) is 4.98 Å². The van der Waals surface area contributed by atoms with Crippen LogP contribution in [0.3, 0.4) is 0 Å². The highest BCUT2D eigenvalue weighted by Crippen LogP contribution is 2.31. The normalized spacial score (nSPS) is 10.7. The van der Waals surface area contributed by atoms with Crippen LogP contribution in [0.15, 0.2) is 54.7 Å². The van der Waals surface area contributed by atoms with E-state index in [1.54, 1.807) is 6.20 Å². The van der Waals surface area contributed by atoms with Crippen LogP contribution in [0.2, 0.25) is 0 Å². The van der Waals surface area contributed by atoms with Crippen molar-refractivity contribution in [3.63, 3.8) is 0 Å². The van der Waals surface area contributed by atoms with Crippen molar-refractivity contribution in [2.24, 2.45) is 0 Å². The van der Waals surface area contributed by atoms with Crippen LogP contribution >= 0.6 is 15.9 Å². The van der Waals surface area contributed by atoms with Gasteiger partial charge in [-0.2, -0.15) is 0 Å². The molecule has 3 aromatic rings. The van der Waals surface area contributed by atoms with Gasteiger partial charge in [0.05, 0.1) is 0 Å². The Hall–Kier alpha value is -1.87. The number of aromatic nitrogens is 1. The van der Waals surface area contributed by atoms with Gasteiger partial charge in [-0.15, -0.1) is 0 Å². The van der Waals surface area contributed by atoms with Crippen LogP contribution in [-0.2, 0) is 5.33 Å².